The van der Waals surface area contributed by atoms with Gasteiger partial charge in [-0.2, -0.15) is 18.3 Å². The van der Waals surface area contributed by atoms with Gasteiger partial charge in [-0.15, -0.1) is 0 Å². The average Bonchev–Trinajstić information content (AvgIpc) is 3.08. The molecule has 2 N–H and O–H groups in total. The lowest BCUT2D eigenvalue weighted by Crippen LogP contribution is -2.45. The predicted molar refractivity (Wildman–Crippen MR) is 103 cm³/mol. The zero-order chi connectivity index (χ0) is 20.3. The van der Waals surface area contributed by atoms with Gasteiger partial charge in [-0.1, -0.05) is 12.1 Å². The van der Waals surface area contributed by atoms with Crippen LogP contribution in [-0.4, -0.2) is 28.8 Å². The third kappa shape index (κ3) is 4.85. The van der Waals surface area contributed by atoms with Crippen molar-refractivity contribution in [3.63, 3.8) is 0 Å². The summed E-state index contributed by atoms with van der Waals surface area (Å²) in [6.07, 6.45) is 0.497. The molecule has 1 unspecified atom stereocenters. The molecule has 3 rings (SSSR count). The summed E-state index contributed by atoms with van der Waals surface area (Å²) in [5.41, 5.74) is 2.30. The third-order valence-electron chi connectivity index (χ3n) is 4.90. The third-order valence-corrected chi connectivity index (χ3v) is 4.90. The highest BCUT2D eigenvalue weighted by atomic mass is 19.4. The number of hydrogen-bond donors (Lipinski definition) is 2. The number of aryl methyl sites for hydroxylation is 1. The highest BCUT2D eigenvalue weighted by Gasteiger charge is 2.30. The molecule has 1 aliphatic rings. The fraction of sp³-hybridized carbons (Fsp3) is 0.500. The van der Waals surface area contributed by atoms with Crippen LogP contribution >= 0.6 is 0 Å². The maximum atomic E-state index is 12.9. The highest BCUT2D eigenvalue weighted by Crippen LogP contribution is 2.29. The van der Waals surface area contributed by atoms with Crippen molar-refractivity contribution in [1.29, 1.82) is 0 Å². The van der Waals surface area contributed by atoms with E-state index in [0.717, 1.165) is 37.1 Å². The van der Waals surface area contributed by atoms with E-state index in [0.29, 0.717) is 17.6 Å². The molecule has 5 nitrogen and oxygen atoms in total. The van der Waals surface area contributed by atoms with Gasteiger partial charge in [0.25, 0.3) is 0 Å². The summed E-state index contributed by atoms with van der Waals surface area (Å²) in [5.74, 6) is 0.578. The van der Waals surface area contributed by atoms with Crippen molar-refractivity contribution in [2.45, 2.75) is 57.9 Å². The van der Waals surface area contributed by atoms with Crippen LogP contribution in [0.1, 0.15) is 48.7 Å². The van der Waals surface area contributed by atoms with Crippen molar-refractivity contribution in [2.24, 2.45) is 4.99 Å². The van der Waals surface area contributed by atoms with Gasteiger partial charge in [0.05, 0.1) is 11.3 Å². The van der Waals surface area contributed by atoms with Gasteiger partial charge in [0.2, 0.25) is 0 Å². The molecule has 0 spiro atoms. The molecule has 1 atom stereocenters. The molecule has 0 bridgehead atoms. The molecule has 0 saturated heterocycles. The van der Waals surface area contributed by atoms with Crippen molar-refractivity contribution in [1.82, 2.24) is 20.4 Å². The van der Waals surface area contributed by atoms with Gasteiger partial charge in [0.1, 0.15) is 0 Å². The van der Waals surface area contributed by atoms with Crippen molar-refractivity contribution in [3.8, 4) is 0 Å². The van der Waals surface area contributed by atoms with Crippen LogP contribution in [0.4, 0.5) is 13.2 Å². The monoisotopic (exact) mass is 393 g/mol. The van der Waals surface area contributed by atoms with Gasteiger partial charge in [-0.05, 0) is 49.9 Å². The molecule has 0 saturated carbocycles. The quantitative estimate of drug-likeness (QED) is 0.615. The summed E-state index contributed by atoms with van der Waals surface area (Å²) in [6, 6.07) is 5.85. The predicted octanol–water partition coefficient (Wildman–Crippen LogP) is 3.71. The molecule has 8 heteroatoms. The first-order chi connectivity index (χ1) is 13.3. The molecule has 1 heterocycles. The van der Waals surface area contributed by atoms with Crippen LogP contribution in [0.25, 0.3) is 0 Å². The van der Waals surface area contributed by atoms with E-state index in [-0.39, 0.29) is 12.6 Å². The number of guanidine groups is 1. The Hall–Kier alpha value is -2.51. The Morgan fingerprint density at radius 2 is 2.14 bits per heavy atom. The van der Waals surface area contributed by atoms with Crippen LogP contribution in [0.15, 0.2) is 35.5 Å². The number of nitrogens with one attached hydrogen (secondary N) is 2. The smallest absolute Gasteiger partial charge is 0.353 e. The fourth-order valence-corrected chi connectivity index (χ4v) is 3.33. The summed E-state index contributed by atoms with van der Waals surface area (Å²) in [5, 5.41) is 11.1. The van der Waals surface area contributed by atoms with Gasteiger partial charge < -0.3 is 10.6 Å². The second kappa shape index (κ2) is 8.24. The minimum atomic E-state index is -4.34. The molecule has 0 radical (unpaired) electrons. The Balaban J connectivity index is 1.58. The standard InChI is InChI=1S/C20H26F3N5/c1-13(2)28-12-15-7-8-17(10-18(15)27-28)26-19(24-3)25-11-14-5-4-6-16(9-14)20(21,22)23/h4-6,9,12-13,17H,7-8,10-11H2,1-3H3,(H2,24,25,26). The number of aromatic nitrogens is 2. The number of benzene rings is 1. The van der Waals surface area contributed by atoms with Crippen LogP contribution < -0.4 is 10.6 Å². The number of fused-ring (bicyclic) bond motifs is 1. The molecule has 0 aliphatic heterocycles. The van der Waals surface area contributed by atoms with Crippen LogP contribution in [0, 0.1) is 0 Å². The molecule has 1 aliphatic carbocycles. The van der Waals surface area contributed by atoms with Gasteiger partial charge in [-0.3, -0.25) is 9.67 Å². The summed E-state index contributed by atoms with van der Waals surface area (Å²) in [4.78, 5) is 4.20. The lowest BCUT2D eigenvalue weighted by Gasteiger charge is -2.24. The molecular weight excluding hydrogens is 367 g/mol. The number of rotatable bonds is 4. The van der Waals surface area contributed by atoms with E-state index in [9.17, 15) is 13.2 Å². The molecule has 0 fully saturated rings. The van der Waals surface area contributed by atoms with Crippen LogP contribution in [0.5, 0.6) is 0 Å². The Morgan fingerprint density at radius 3 is 2.82 bits per heavy atom. The number of nitrogens with zero attached hydrogens (tertiary/aromatic N) is 3. The van der Waals surface area contributed by atoms with Crippen LogP contribution in [-0.2, 0) is 25.6 Å². The zero-order valence-electron chi connectivity index (χ0n) is 16.3. The molecule has 1 aromatic heterocycles. The van der Waals surface area contributed by atoms with Crippen LogP contribution in [0.3, 0.4) is 0 Å². The van der Waals surface area contributed by atoms with Crippen molar-refractivity contribution < 1.29 is 13.2 Å². The Labute approximate surface area is 163 Å². The normalized spacial score (nSPS) is 17.5. The molecule has 0 amide bonds. The zero-order valence-corrected chi connectivity index (χ0v) is 16.3. The maximum Gasteiger partial charge on any atom is 0.416 e. The van der Waals surface area contributed by atoms with Crippen molar-refractivity contribution >= 4 is 5.96 Å². The highest BCUT2D eigenvalue weighted by molar-refractivity contribution is 5.80. The summed E-state index contributed by atoms with van der Waals surface area (Å²) < 4.78 is 40.5. The second-order valence-corrected chi connectivity index (χ2v) is 7.38. The second-order valence-electron chi connectivity index (χ2n) is 7.38. The number of aliphatic imine (C=N–C) groups is 1. The number of alkyl halides is 3. The molecular formula is C20H26F3N5. The SMILES string of the molecule is CN=C(NCc1cccc(C(F)(F)F)c1)NC1CCc2cn(C(C)C)nc2C1. The average molecular weight is 393 g/mol. The van der Waals surface area contributed by atoms with E-state index in [1.165, 1.54) is 11.6 Å². The van der Waals surface area contributed by atoms with Gasteiger partial charge in [0, 0.05) is 38.3 Å². The largest absolute Gasteiger partial charge is 0.416 e. The van der Waals surface area contributed by atoms with E-state index >= 15 is 0 Å². The first-order valence-electron chi connectivity index (χ1n) is 9.46. The topological polar surface area (TPSA) is 54.2 Å². The van der Waals surface area contributed by atoms with E-state index in [1.807, 2.05) is 4.68 Å². The lowest BCUT2D eigenvalue weighted by molar-refractivity contribution is -0.137. The van der Waals surface area contributed by atoms with Crippen molar-refractivity contribution in [3.05, 3.63) is 52.8 Å². The summed E-state index contributed by atoms with van der Waals surface area (Å²) >= 11 is 0. The Kier molecular flexibility index (Phi) is 5.96. The van der Waals surface area contributed by atoms with Gasteiger partial charge >= 0.3 is 6.18 Å². The van der Waals surface area contributed by atoms with E-state index in [2.05, 4.69) is 40.8 Å². The maximum absolute atomic E-state index is 12.9. The summed E-state index contributed by atoms with van der Waals surface area (Å²) in [7, 11) is 1.66. The van der Waals surface area contributed by atoms with Gasteiger partial charge in [0.15, 0.2) is 5.96 Å². The number of halogens is 3. The first-order valence-corrected chi connectivity index (χ1v) is 9.46. The minimum Gasteiger partial charge on any atom is -0.353 e. The molecule has 152 valence electrons. The Morgan fingerprint density at radius 1 is 1.36 bits per heavy atom. The fourth-order valence-electron chi connectivity index (χ4n) is 3.33. The minimum absolute atomic E-state index is 0.190. The first kappa shape index (κ1) is 20.2. The van der Waals surface area contributed by atoms with Gasteiger partial charge in [-0.25, -0.2) is 0 Å². The van der Waals surface area contributed by atoms with E-state index in [1.54, 1.807) is 13.1 Å². The summed E-state index contributed by atoms with van der Waals surface area (Å²) in [6.45, 7) is 4.48. The molecule has 1 aromatic carbocycles. The Bertz CT molecular complexity index is 839. The van der Waals surface area contributed by atoms with E-state index in [4.69, 9.17) is 0 Å². The number of hydrogen-bond acceptors (Lipinski definition) is 2. The van der Waals surface area contributed by atoms with E-state index < -0.39 is 11.7 Å². The molecule has 28 heavy (non-hydrogen) atoms. The molecule has 2 aromatic rings. The van der Waals surface area contributed by atoms with Crippen molar-refractivity contribution in [2.75, 3.05) is 7.05 Å². The lowest BCUT2D eigenvalue weighted by atomic mass is 9.94. The van der Waals surface area contributed by atoms with Crippen LogP contribution in [0.2, 0.25) is 0 Å².